The molecule has 2 nitrogen and oxygen atoms in total. The fraction of sp³-hybridized carbons (Fsp3) is 0.733. The van der Waals surface area contributed by atoms with E-state index in [2.05, 4.69) is 51.2 Å². The van der Waals surface area contributed by atoms with Crippen molar-refractivity contribution in [1.29, 1.82) is 0 Å². The molecule has 0 saturated carbocycles. The zero-order valence-electron chi connectivity index (χ0n) is 12.4. The molecule has 0 aliphatic rings. The van der Waals surface area contributed by atoms with E-state index in [4.69, 9.17) is 15.9 Å². The Morgan fingerprint density at radius 2 is 1.67 bits per heavy atom. The Morgan fingerprint density at radius 1 is 1.06 bits per heavy atom. The molecule has 102 valence electrons. The molecule has 0 aromatic heterocycles. The highest BCUT2D eigenvalue weighted by Crippen LogP contribution is 2.35. The quantitative estimate of drug-likeness (QED) is 0.418. The first-order valence-corrected chi connectivity index (χ1v) is 9.40. The summed E-state index contributed by atoms with van der Waals surface area (Å²) in [7, 11) is -1.45. The van der Waals surface area contributed by atoms with Gasteiger partial charge in [0.1, 0.15) is 14.7 Å². The minimum atomic E-state index is -1.45. The van der Waals surface area contributed by atoms with E-state index in [1.165, 1.54) is 0 Å². The highest BCUT2D eigenvalue weighted by Gasteiger charge is 2.33. The maximum atomic E-state index is 5.40. The molecule has 18 heavy (non-hydrogen) atoms. The lowest BCUT2D eigenvalue weighted by molar-refractivity contribution is 0.0628. The molecule has 0 fully saturated rings. The van der Waals surface area contributed by atoms with Gasteiger partial charge in [0.05, 0.1) is 19.8 Å². The van der Waals surface area contributed by atoms with E-state index in [0.717, 1.165) is 6.42 Å². The maximum Gasteiger partial charge on any atom is 0.137 e. The lowest BCUT2D eigenvalue weighted by Gasteiger charge is -2.31. The van der Waals surface area contributed by atoms with Gasteiger partial charge in [-0.25, -0.2) is 0 Å². The van der Waals surface area contributed by atoms with Gasteiger partial charge in [0, 0.05) is 6.42 Å². The fourth-order valence-electron chi connectivity index (χ4n) is 0.945. The molecule has 0 bridgehead atoms. The van der Waals surface area contributed by atoms with Crippen LogP contribution in [0.2, 0.25) is 18.1 Å². The van der Waals surface area contributed by atoms with Crippen molar-refractivity contribution in [2.24, 2.45) is 0 Å². The fourth-order valence-corrected chi connectivity index (χ4v) is 1.89. The summed E-state index contributed by atoms with van der Waals surface area (Å²) in [5.74, 6) is 5.66. The van der Waals surface area contributed by atoms with Crippen molar-refractivity contribution in [3.8, 4) is 23.8 Å². The lowest BCUT2D eigenvalue weighted by Crippen LogP contribution is -2.35. The first-order chi connectivity index (χ1) is 8.31. The molecule has 0 rings (SSSR count). The second-order valence-corrected chi connectivity index (χ2v) is 10.8. The predicted molar refractivity (Wildman–Crippen MR) is 80.1 cm³/mol. The average molecular weight is 266 g/mol. The highest BCUT2D eigenvalue weighted by atomic mass is 28.3. The molecule has 0 saturated heterocycles. The van der Waals surface area contributed by atoms with Crippen LogP contribution in [0.1, 0.15) is 27.2 Å². The number of hydrogen-bond donors (Lipinski definition) is 0. The molecule has 0 unspecified atom stereocenters. The summed E-state index contributed by atoms with van der Waals surface area (Å²) in [6.45, 7) is 13.6. The van der Waals surface area contributed by atoms with Crippen LogP contribution in [-0.4, -0.2) is 34.5 Å². The van der Waals surface area contributed by atoms with Crippen molar-refractivity contribution < 1.29 is 9.47 Å². The van der Waals surface area contributed by atoms with Gasteiger partial charge in [-0.05, 0) is 5.04 Å². The second-order valence-electron chi connectivity index (χ2n) is 5.80. The largest absolute Gasteiger partial charge is 0.378 e. The molecular weight excluding hydrogens is 240 g/mol. The molecule has 0 aliphatic carbocycles. The van der Waals surface area contributed by atoms with E-state index in [0.29, 0.717) is 31.5 Å². The molecule has 0 aromatic rings. The van der Waals surface area contributed by atoms with Gasteiger partial charge in [0.25, 0.3) is 0 Å². The Kier molecular flexibility index (Phi) is 8.03. The van der Waals surface area contributed by atoms with Gasteiger partial charge in [0.15, 0.2) is 0 Å². The van der Waals surface area contributed by atoms with Gasteiger partial charge in [-0.3, -0.25) is 0 Å². The Morgan fingerprint density at radius 3 is 2.22 bits per heavy atom. The first-order valence-electron chi connectivity index (χ1n) is 6.40. The van der Waals surface area contributed by atoms with Crippen molar-refractivity contribution in [3.63, 3.8) is 0 Å². The van der Waals surface area contributed by atoms with Crippen LogP contribution >= 0.6 is 0 Å². The summed E-state index contributed by atoms with van der Waals surface area (Å²) < 4.78 is 10.5. The maximum absolute atomic E-state index is 5.40. The minimum Gasteiger partial charge on any atom is -0.378 e. The van der Waals surface area contributed by atoms with Crippen LogP contribution < -0.4 is 0 Å². The normalized spacial score (nSPS) is 11.6. The van der Waals surface area contributed by atoms with Crippen LogP contribution in [0.25, 0.3) is 0 Å². The van der Waals surface area contributed by atoms with Gasteiger partial charge >= 0.3 is 0 Å². The third-order valence-corrected chi connectivity index (χ3v) is 7.76. The van der Waals surface area contributed by atoms with Gasteiger partial charge in [-0.1, -0.05) is 39.8 Å². The third kappa shape index (κ3) is 7.56. The third-order valence-electron chi connectivity index (χ3n) is 3.20. The van der Waals surface area contributed by atoms with Crippen LogP contribution in [0.5, 0.6) is 0 Å². The monoisotopic (exact) mass is 266 g/mol. The molecule has 0 atom stereocenters. The van der Waals surface area contributed by atoms with Crippen LogP contribution in [0.3, 0.4) is 0 Å². The summed E-state index contributed by atoms with van der Waals surface area (Å²) in [5, 5.41) is 0.323. The Hall–Kier alpha value is -0.743. The van der Waals surface area contributed by atoms with Crippen molar-refractivity contribution in [2.75, 3.05) is 26.4 Å². The highest BCUT2D eigenvalue weighted by molar-refractivity contribution is 6.87. The molecule has 3 heteroatoms. The van der Waals surface area contributed by atoms with Gasteiger partial charge in [0.2, 0.25) is 0 Å². The van der Waals surface area contributed by atoms with Crippen LogP contribution in [-0.2, 0) is 9.47 Å². The summed E-state index contributed by atoms with van der Waals surface area (Å²) in [6.07, 6.45) is 5.85. The van der Waals surface area contributed by atoms with E-state index < -0.39 is 8.07 Å². The van der Waals surface area contributed by atoms with Crippen molar-refractivity contribution in [2.45, 2.75) is 45.3 Å². The number of rotatable bonds is 6. The topological polar surface area (TPSA) is 18.5 Å². The molecule has 0 heterocycles. The second kappa shape index (κ2) is 8.37. The summed E-state index contributed by atoms with van der Waals surface area (Å²) in [6, 6.07) is 0. The molecule has 0 N–H and O–H groups in total. The molecule has 0 spiro atoms. The Bertz CT molecular complexity index is 323. The van der Waals surface area contributed by atoms with Crippen molar-refractivity contribution in [1.82, 2.24) is 0 Å². The zero-order chi connectivity index (χ0) is 14.1. The van der Waals surface area contributed by atoms with E-state index in [9.17, 15) is 0 Å². The zero-order valence-corrected chi connectivity index (χ0v) is 13.4. The Balaban J connectivity index is 3.71. The number of terminal acetylenes is 1. The van der Waals surface area contributed by atoms with Gasteiger partial charge in [-0.2, -0.15) is 0 Å². The molecule has 0 amide bonds. The number of hydrogen-bond acceptors (Lipinski definition) is 2. The van der Waals surface area contributed by atoms with E-state index in [1.807, 2.05) is 0 Å². The van der Waals surface area contributed by atoms with Crippen LogP contribution in [0.4, 0.5) is 0 Å². The number of ether oxygens (including phenoxy) is 2. The molecule has 0 aromatic carbocycles. The first kappa shape index (κ1) is 17.3. The van der Waals surface area contributed by atoms with E-state index in [1.54, 1.807) is 0 Å². The van der Waals surface area contributed by atoms with E-state index in [-0.39, 0.29) is 0 Å². The Labute approximate surface area is 113 Å². The summed E-state index contributed by atoms with van der Waals surface area (Å²) in [4.78, 5) is 0. The van der Waals surface area contributed by atoms with Gasteiger partial charge < -0.3 is 9.47 Å². The lowest BCUT2D eigenvalue weighted by atomic mass is 10.2. The SMILES string of the molecule is C#CCOCCOCCC#C[Si](C)(C)C(C)(C)C. The van der Waals surface area contributed by atoms with Gasteiger partial charge in [-0.15, -0.1) is 17.9 Å². The molecule has 0 radical (unpaired) electrons. The standard InChI is InChI=1S/C15H26O2Si/c1-7-10-16-12-13-17-11-8-9-14-18(5,6)15(2,3)4/h1H,8,10-13H2,2-6H3. The molecular formula is C15H26O2Si. The van der Waals surface area contributed by atoms with E-state index >= 15 is 0 Å². The van der Waals surface area contributed by atoms with Crippen molar-refractivity contribution in [3.05, 3.63) is 0 Å². The summed E-state index contributed by atoms with van der Waals surface area (Å²) >= 11 is 0. The van der Waals surface area contributed by atoms with Crippen LogP contribution in [0.15, 0.2) is 0 Å². The predicted octanol–water partition coefficient (Wildman–Crippen LogP) is 3.09. The smallest absolute Gasteiger partial charge is 0.137 e. The summed E-state index contributed by atoms with van der Waals surface area (Å²) in [5.41, 5.74) is 3.46. The average Bonchev–Trinajstić information content (AvgIpc) is 2.25. The van der Waals surface area contributed by atoms with Crippen molar-refractivity contribution >= 4 is 8.07 Å². The minimum absolute atomic E-state index is 0.323. The van der Waals surface area contributed by atoms with Crippen LogP contribution in [0, 0.1) is 23.8 Å². The molecule has 0 aliphatic heterocycles.